The molecule has 0 aliphatic heterocycles. The molecule has 1 N–H and O–H groups in total. The molecule has 116 valence electrons. The number of benzene rings is 2. The molecule has 1 heterocycles. The van der Waals surface area contributed by atoms with Crippen LogP contribution in [0.1, 0.15) is 21.5 Å². The highest BCUT2D eigenvalue weighted by Crippen LogP contribution is 2.15. The Morgan fingerprint density at radius 1 is 1.13 bits per heavy atom. The minimum atomic E-state index is -0.124. The van der Waals surface area contributed by atoms with Crippen molar-refractivity contribution in [1.82, 2.24) is 9.78 Å². The van der Waals surface area contributed by atoms with Crippen LogP contribution in [0.4, 0.5) is 5.82 Å². The second-order valence-corrected chi connectivity index (χ2v) is 6.19. The standard InChI is InChI=1S/C18H16BrN3O/c1-13-4-2-3-5-16(13)18(23)21-17-10-11-20-22(17)12-14-6-8-15(19)9-7-14/h2-11H,12H2,1H3,(H,21,23). The van der Waals surface area contributed by atoms with Crippen LogP contribution in [0.5, 0.6) is 0 Å². The van der Waals surface area contributed by atoms with Crippen molar-refractivity contribution in [2.75, 3.05) is 5.32 Å². The smallest absolute Gasteiger partial charge is 0.257 e. The third-order valence-corrected chi connectivity index (χ3v) is 4.12. The number of aryl methyl sites for hydroxylation is 1. The van der Waals surface area contributed by atoms with E-state index in [1.165, 1.54) is 0 Å². The van der Waals surface area contributed by atoms with Gasteiger partial charge in [-0.25, -0.2) is 4.68 Å². The van der Waals surface area contributed by atoms with Gasteiger partial charge in [-0.15, -0.1) is 0 Å². The van der Waals surface area contributed by atoms with E-state index in [4.69, 9.17) is 0 Å². The van der Waals surface area contributed by atoms with Crippen molar-refractivity contribution in [3.8, 4) is 0 Å². The Bertz CT molecular complexity index is 824. The summed E-state index contributed by atoms with van der Waals surface area (Å²) in [6, 6.07) is 17.4. The van der Waals surface area contributed by atoms with Crippen LogP contribution in [0, 0.1) is 6.92 Å². The molecule has 0 radical (unpaired) electrons. The largest absolute Gasteiger partial charge is 0.307 e. The monoisotopic (exact) mass is 369 g/mol. The third kappa shape index (κ3) is 3.68. The number of amides is 1. The minimum Gasteiger partial charge on any atom is -0.307 e. The fourth-order valence-corrected chi connectivity index (χ4v) is 2.60. The highest BCUT2D eigenvalue weighted by Gasteiger charge is 2.11. The van der Waals surface area contributed by atoms with Crippen LogP contribution in [0.2, 0.25) is 0 Å². The van der Waals surface area contributed by atoms with E-state index in [1.807, 2.05) is 55.5 Å². The van der Waals surface area contributed by atoms with Crippen LogP contribution in [-0.2, 0) is 6.54 Å². The zero-order chi connectivity index (χ0) is 16.2. The molecule has 0 bridgehead atoms. The Kier molecular flexibility index (Phi) is 4.57. The first-order valence-electron chi connectivity index (χ1n) is 7.27. The van der Waals surface area contributed by atoms with Gasteiger partial charge in [0.15, 0.2) is 0 Å². The molecule has 4 nitrogen and oxygen atoms in total. The second-order valence-electron chi connectivity index (χ2n) is 5.27. The number of rotatable bonds is 4. The van der Waals surface area contributed by atoms with Crippen LogP contribution in [0.15, 0.2) is 65.3 Å². The second kappa shape index (κ2) is 6.79. The van der Waals surface area contributed by atoms with E-state index in [-0.39, 0.29) is 5.91 Å². The Morgan fingerprint density at radius 3 is 2.61 bits per heavy atom. The van der Waals surface area contributed by atoms with E-state index in [2.05, 4.69) is 26.3 Å². The SMILES string of the molecule is Cc1ccccc1C(=O)Nc1ccnn1Cc1ccc(Br)cc1. The van der Waals surface area contributed by atoms with Crippen molar-refractivity contribution < 1.29 is 4.79 Å². The topological polar surface area (TPSA) is 46.9 Å². The van der Waals surface area contributed by atoms with E-state index in [0.717, 1.165) is 15.6 Å². The molecule has 2 aromatic carbocycles. The lowest BCUT2D eigenvalue weighted by molar-refractivity contribution is 0.102. The summed E-state index contributed by atoms with van der Waals surface area (Å²) in [6.07, 6.45) is 1.69. The first-order valence-corrected chi connectivity index (χ1v) is 8.06. The summed E-state index contributed by atoms with van der Waals surface area (Å²) in [6.45, 7) is 2.53. The van der Waals surface area contributed by atoms with Gasteiger partial charge in [-0.2, -0.15) is 5.10 Å². The first-order chi connectivity index (χ1) is 11.1. The molecule has 0 saturated carbocycles. The van der Waals surface area contributed by atoms with Crippen LogP contribution < -0.4 is 5.32 Å². The number of anilines is 1. The molecular formula is C18H16BrN3O. The normalized spacial score (nSPS) is 10.5. The molecule has 0 saturated heterocycles. The number of hydrogen-bond donors (Lipinski definition) is 1. The molecule has 0 unspecified atom stereocenters. The summed E-state index contributed by atoms with van der Waals surface area (Å²) in [5.74, 6) is 0.557. The van der Waals surface area contributed by atoms with Gasteiger partial charge in [0.1, 0.15) is 5.82 Å². The predicted molar refractivity (Wildman–Crippen MR) is 94.6 cm³/mol. The van der Waals surface area contributed by atoms with Gasteiger partial charge in [0.25, 0.3) is 5.91 Å². The van der Waals surface area contributed by atoms with Crippen molar-refractivity contribution in [2.24, 2.45) is 0 Å². The summed E-state index contributed by atoms with van der Waals surface area (Å²) in [5, 5.41) is 7.22. The number of halogens is 1. The molecule has 3 rings (SSSR count). The van der Waals surface area contributed by atoms with E-state index in [1.54, 1.807) is 16.9 Å². The molecule has 3 aromatic rings. The number of hydrogen-bond acceptors (Lipinski definition) is 2. The summed E-state index contributed by atoms with van der Waals surface area (Å²) in [7, 11) is 0. The van der Waals surface area contributed by atoms with Crippen molar-refractivity contribution >= 4 is 27.7 Å². The van der Waals surface area contributed by atoms with Crippen molar-refractivity contribution in [1.29, 1.82) is 0 Å². The number of carbonyl (C=O) groups excluding carboxylic acids is 1. The number of aromatic nitrogens is 2. The fraction of sp³-hybridized carbons (Fsp3) is 0.111. The lowest BCUT2D eigenvalue weighted by atomic mass is 10.1. The Balaban J connectivity index is 1.77. The summed E-state index contributed by atoms with van der Waals surface area (Å²) < 4.78 is 2.81. The van der Waals surface area contributed by atoms with Gasteiger partial charge in [0, 0.05) is 16.1 Å². The maximum Gasteiger partial charge on any atom is 0.257 e. The van der Waals surface area contributed by atoms with Gasteiger partial charge in [-0.05, 0) is 36.2 Å². The van der Waals surface area contributed by atoms with Gasteiger partial charge in [0.05, 0.1) is 12.7 Å². The molecule has 1 aromatic heterocycles. The van der Waals surface area contributed by atoms with Crippen LogP contribution in [0.3, 0.4) is 0 Å². The van der Waals surface area contributed by atoms with Crippen molar-refractivity contribution in [3.05, 3.63) is 82.0 Å². The average Bonchev–Trinajstić information content (AvgIpc) is 2.97. The highest BCUT2D eigenvalue weighted by atomic mass is 79.9. The van der Waals surface area contributed by atoms with E-state index < -0.39 is 0 Å². The summed E-state index contributed by atoms with van der Waals surface area (Å²) >= 11 is 3.42. The molecule has 1 amide bonds. The molecular weight excluding hydrogens is 354 g/mol. The number of nitrogens with one attached hydrogen (secondary N) is 1. The van der Waals surface area contributed by atoms with Crippen LogP contribution >= 0.6 is 15.9 Å². The quantitative estimate of drug-likeness (QED) is 0.746. The third-order valence-electron chi connectivity index (χ3n) is 3.59. The van der Waals surface area contributed by atoms with Crippen molar-refractivity contribution in [2.45, 2.75) is 13.5 Å². The van der Waals surface area contributed by atoms with E-state index in [9.17, 15) is 4.79 Å². The fourth-order valence-electron chi connectivity index (χ4n) is 2.34. The maximum absolute atomic E-state index is 12.4. The lowest BCUT2D eigenvalue weighted by Gasteiger charge is -2.10. The average molecular weight is 370 g/mol. The van der Waals surface area contributed by atoms with E-state index in [0.29, 0.717) is 17.9 Å². The molecule has 23 heavy (non-hydrogen) atoms. The summed E-state index contributed by atoms with van der Waals surface area (Å²) in [5.41, 5.74) is 2.73. The minimum absolute atomic E-state index is 0.124. The maximum atomic E-state index is 12.4. The van der Waals surface area contributed by atoms with Gasteiger partial charge in [0.2, 0.25) is 0 Å². The Labute approximate surface area is 143 Å². The van der Waals surface area contributed by atoms with Gasteiger partial charge < -0.3 is 5.32 Å². The summed E-state index contributed by atoms with van der Waals surface area (Å²) in [4.78, 5) is 12.4. The van der Waals surface area contributed by atoms with Gasteiger partial charge in [-0.1, -0.05) is 46.3 Å². The number of carbonyl (C=O) groups is 1. The Morgan fingerprint density at radius 2 is 1.87 bits per heavy atom. The van der Waals surface area contributed by atoms with E-state index >= 15 is 0 Å². The molecule has 0 atom stereocenters. The molecule has 0 fully saturated rings. The molecule has 0 aliphatic rings. The first kappa shape index (κ1) is 15.5. The van der Waals surface area contributed by atoms with Gasteiger partial charge in [-0.3, -0.25) is 4.79 Å². The van der Waals surface area contributed by atoms with Gasteiger partial charge >= 0.3 is 0 Å². The van der Waals surface area contributed by atoms with Crippen LogP contribution in [-0.4, -0.2) is 15.7 Å². The van der Waals surface area contributed by atoms with Crippen molar-refractivity contribution in [3.63, 3.8) is 0 Å². The zero-order valence-electron chi connectivity index (χ0n) is 12.7. The molecule has 0 spiro atoms. The highest BCUT2D eigenvalue weighted by molar-refractivity contribution is 9.10. The zero-order valence-corrected chi connectivity index (χ0v) is 14.2. The predicted octanol–water partition coefficient (Wildman–Crippen LogP) is 4.25. The Hall–Kier alpha value is -2.40. The lowest BCUT2D eigenvalue weighted by Crippen LogP contribution is -2.17. The van der Waals surface area contributed by atoms with Crippen LogP contribution in [0.25, 0.3) is 0 Å². The molecule has 5 heteroatoms. The molecule has 0 aliphatic carbocycles. The number of nitrogens with zero attached hydrogens (tertiary/aromatic N) is 2.